The minimum absolute atomic E-state index is 0.0835. The van der Waals surface area contributed by atoms with Gasteiger partial charge in [-0.25, -0.2) is 4.39 Å². The fourth-order valence-electron chi connectivity index (χ4n) is 2.75. The SMILES string of the molecule is O=Cc1c(F)cc2c(c1O)CCCC2n1cccn1. The summed E-state index contributed by atoms with van der Waals surface area (Å²) in [7, 11) is 0. The molecule has 0 aliphatic heterocycles. The highest BCUT2D eigenvalue weighted by atomic mass is 19.1. The van der Waals surface area contributed by atoms with Crippen molar-refractivity contribution in [2.24, 2.45) is 0 Å². The first-order valence-electron chi connectivity index (χ1n) is 6.21. The van der Waals surface area contributed by atoms with E-state index >= 15 is 0 Å². The van der Waals surface area contributed by atoms with Crippen molar-refractivity contribution in [2.75, 3.05) is 0 Å². The van der Waals surface area contributed by atoms with Crippen molar-refractivity contribution in [3.8, 4) is 5.75 Å². The number of hydrogen-bond donors (Lipinski definition) is 1. The van der Waals surface area contributed by atoms with Gasteiger partial charge in [0.25, 0.3) is 0 Å². The molecule has 0 bridgehead atoms. The zero-order chi connectivity index (χ0) is 13.4. The zero-order valence-corrected chi connectivity index (χ0v) is 10.2. The Morgan fingerprint density at radius 2 is 2.37 bits per heavy atom. The predicted octanol–water partition coefficient (Wildman–Crippen LogP) is 2.47. The Morgan fingerprint density at radius 3 is 3.05 bits per heavy atom. The van der Waals surface area contributed by atoms with Crippen LogP contribution in [-0.4, -0.2) is 21.2 Å². The number of phenolic OH excluding ortho intramolecular Hbond substituents is 1. The van der Waals surface area contributed by atoms with E-state index in [0.717, 1.165) is 18.4 Å². The van der Waals surface area contributed by atoms with E-state index < -0.39 is 5.82 Å². The number of benzene rings is 1. The summed E-state index contributed by atoms with van der Waals surface area (Å²) in [5.41, 5.74) is 1.13. The summed E-state index contributed by atoms with van der Waals surface area (Å²) < 4.78 is 15.6. The second kappa shape index (κ2) is 4.50. The van der Waals surface area contributed by atoms with E-state index in [1.54, 1.807) is 10.9 Å². The van der Waals surface area contributed by atoms with Crippen molar-refractivity contribution in [1.82, 2.24) is 9.78 Å². The van der Waals surface area contributed by atoms with E-state index in [2.05, 4.69) is 5.10 Å². The van der Waals surface area contributed by atoms with Gasteiger partial charge in [-0.2, -0.15) is 5.10 Å². The van der Waals surface area contributed by atoms with Crippen LogP contribution in [0.1, 0.15) is 40.4 Å². The molecule has 1 aliphatic carbocycles. The van der Waals surface area contributed by atoms with Crippen LogP contribution >= 0.6 is 0 Å². The highest BCUT2D eigenvalue weighted by Gasteiger charge is 2.27. The van der Waals surface area contributed by atoms with Crippen molar-refractivity contribution < 1.29 is 14.3 Å². The molecule has 0 amide bonds. The van der Waals surface area contributed by atoms with Gasteiger partial charge in [0.1, 0.15) is 11.6 Å². The number of hydrogen-bond acceptors (Lipinski definition) is 3. The maximum atomic E-state index is 13.8. The molecule has 1 aromatic heterocycles. The third-order valence-electron chi connectivity index (χ3n) is 3.65. The summed E-state index contributed by atoms with van der Waals surface area (Å²) in [4.78, 5) is 10.8. The van der Waals surface area contributed by atoms with E-state index in [0.29, 0.717) is 18.3 Å². The van der Waals surface area contributed by atoms with Gasteiger partial charge in [-0.05, 0) is 37.0 Å². The predicted molar refractivity (Wildman–Crippen MR) is 66.8 cm³/mol. The van der Waals surface area contributed by atoms with Gasteiger partial charge >= 0.3 is 0 Å². The Hall–Kier alpha value is -2.17. The van der Waals surface area contributed by atoms with Crippen LogP contribution in [-0.2, 0) is 6.42 Å². The molecule has 1 unspecified atom stereocenters. The third-order valence-corrected chi connectivity index (χ3v) is 3.65. The van der Waals surface area contributed by atoms with Crippen molar-refractivity contribution in [3.05, 3.63) is 47.0 Å². The van der Waals surface area contributed by atoms with Crippen molar-refractivity contribution in [3.63, 3.8) is 0 Å². The number of rotatable bonds is 2. The molecule has 1 heterocycles. The summed E-state index contributed by atoms with van der Waals surface area (Å²) in [6.07, 6.45) is 6.22. The van der Waals surface area contributed by atoms with Gasteiger partial charge in [-0.1, -0.05) is 0 Å². The molecule has 19 heavy (non-hydrogen) atoms. The van der Waals surface area contributed by atoms with Gasteiger partial charge in [0.05, 0.1) is 11.6 Å². The van der Waals surface area contributed by atoms with Crippen LogP contribution in [0.2, 0.25) is 0 Å². The molecule has 1 atom stereocenters. The lowest BCUT2D eigenvalue weighted by molar-refractivity contribution is 0.111. The average molecular weight is 260 g/mol. The quantitative estimate of drug-likeness (QED) is 0.844. The molecule has 2 aromatic rings. The molecule has 0 fully saturated rings. The molecule has 0 saturated heterocycles. The summed E-state index contributed by atoms with van der Waals surface area (Å²) in [6, 6.07) is 3.08. The molecule has 1 aliphatic rings. The first-order chi connectivity index (χ1) is 9.22. The van der Waals surface area contributed by atoms with E-state index in [9.17, 15) is 14.3 Å². The lowest BCUT2D eigenvalue weighted by Crippen LogP contribution is -2.18. The average Bonchev–Trinajstić information content (AvgIpc) is 2.92. The smallest absolute Gasteiger partial charge is 0.156 e. The molecule has 0 spiro atoms. The minimum atomic E-state index is -0.676. The van der Waals surface area contributed by atoms with Crippen LogP contribution in [0.3, 0.4) is 0 Å². The Labute approximate surface area is 109 Å². The van der Waals surface area contributed by atoms with Gasteiger partial charge in [-0.15, -0.1) is 0 Å². The number of carbonyl (C=O) groups is 1. The number of nitrogens with zero attached hydrogens (tertiary/aromatic N) is 2. The number of aromatic hydroxyl groups is 1. The molecule has 1 N–H and O–H groups in total. The first-order valence-corrected chi connectivity index (χ1v) is 6.21. The number of aldehydes is 1. The van der Waals surface area contributed by atoms with Crippen molar-refractivity contribution >= 4 is 6.29 Å². The van der Waals surface area contributed by atoms with Gasteiger partial charge in [0.2, 0.25) is 0 Å². The van der Waals surface area contributed by atoms with Gasteiger partial charge in [0, 0.05) is 18.0 Å². The highest BCUT2D eigenvalue weighted by Crippen LogP contribution is 2.39. The van der Waals surface area contributed by atoms with Crippen LogP contribution in [0, 0.1) is 5.82 Å². The van der Waals surface area contributed by atoms with Crippen LogP contribution in [0.5, 0.6) is 5.75 Å². The van der Waals surface area contributed by atoms with E-state index in [4.69, 9.17) is 0 Å². The number of halogens is 1. The third kappa shape index (κ3) is 1.82. The molecule has 5 heteroatoms. The number of phenols is 1. The second-order valence-corrected chi connectivity index (χ2v) is 4.70. The van der Waals surface area contributed by atoms with Crippen molar-refractivity contribution in [1.29, 1.82) is 0 Å². The van der Waals surface area contributed by atoms with Crippen LogP contribution < -0.4 is 0 Å². The molecule has 4 nitrogen and oxygen atoms in total. The molecule has 1 aromatic carbocycles. The van der Waals surface area contributed by atoms with Crippen molar-refractivity contribution in [2.45, 2.75) is 25.3 Å². The van der Waals surface area contributed by atoms with E-state index in [-0.39, 0.29) is 17.4 Å². The summed E-state index contributed by atoms with van der Waals surface area (Å²) in [5, 5.41) is 14.2. The van der Waals surface area contributed by atoms with Crippen LogP contribution in [0.15, 0.2) is 24.5 Å². The Bertz CT molecular complexity index is 623. The lowest BCUT2D eigenvalue weighted by atomic mass is 9.85. The zero-order valence-electron chi connectivity index (χ0n) is 10.2. The fraction of sp³-hybridized carbons (Fsp3) is 0.286. The summed E-state index contributed by atoms with van der Waals surface area (Å²) in [5.74, 6) is -0.896. The monoisotopic (exact) mass is 260 g/mol. The maximum Gasteiger partial charge on any atom is 0.156 e. The van der Waals surface area contributed by atoms with Gasteiger partial charge < -0.3 is 5.11 Å². The maximum absolute atomic E-state index is 13.8. The molecular weight excluding hydrogens is 247 g/mol. The second-order valence-electron chi connectivity index (χ2n) is 4.70. The van der Waals surface area contributed by atoms with Crippen LogP contribution in [0.4, 0.5) is 4.39 Å². The highest BCUT2D eigenvalue weighted by molar-refractivity contribution is 5.81. The Balaban J connectivity index is 2.18. The van der Waals surface area contributed by atoms with Gasteiger partial charge in [-0.3, -0.25) is 9.48 Å². The normalized spacial score (nSPS) is 18.1. The van der Waals surface area contributed by atoms with Crippen LogP contribution in [0.25, 0.3) is 0 Å². The standard InChI is InChI=1S/C14H13FN2O2/c15-12-7-10-9(14(19)11(12)8-18)3-1-4-13(10)17-6-2-5-16-17/h2,5-8,13,19H,1,3-4H2. The first kappa shape index (κ1) is 11.9. The lowest BCUT2D eigenvalue weighted by Gasteiger charge is -2.27. The molecule has 98 valence electrons. The number of aromatic nitrogens is 2. The topological polar surface area (TPSA) is 55.1 Å². The largest absolute Gasteiger partial charge is 0.507 e. The Morgan fingerprint density at radius 1 is 1.53 bits per heavy atom. The Kier molecular flexibility index (Phi) is 2.81. The molecular formula is C14H13FN2O2. The number of fused-ring (bicyclic) bond motifs is 1. The summed E-state index contributed by atoms with van der Waals surface area (Å²) in [6.45, 7) is 0. The molecule has 3 rings (SSSR count). The van der Waals surface area contributed by atoms with Gasteiger partial charge in [0.15, 0.2) is 6.29 Å². The number of carbonyl (C=O) groups excluding carboxylic acids is 1. The van der Waals surface area contributed by atoms with E-state index in [1.165, 1.54) is 6.07 Å². The summed E-state index contributed by atoms with van der Waals surface area (Å²) >= 11 is 0. The van der Waals surface area contributed by atoms with E-state index in [1.807, 2.05) is 12.3 Å². The fourth-order valence-corrected chi connectivity index (χ4v) is 2.75. The molecule has 0 saturated carbocycles. The molecule has 0 radical (unpaired) electrons. The minimum Gasteiger partial charge on any atom is -0.507 e.